The molecule has 0 bridgehead atoms. The van der Waals surface area contributed by atoms with Crippen molar-refractivity contribution in [3.05, 3.63) is 65.7 Å². The third-order valence-electron chi connectivity index (χ3n) is 6.54. The molecule has 3 amide bonds. The van der Waals surface area contributed by atoms with Crippen LogP contribution in [0.15, 0.2) is 54.6 Å². The molecule has 30 heavy (non-hydrogen) atoms. The minimum absolute atomic E-state index is 0.0987. The monoisotopic (exact) mass is 403 g/mol. The van der Waals surface area contributed by atoms with Crippen molar-refractivity contribution >= 4 is 23.4 Å². The number of benzene rings is 2. The number of piperidine rings is 1. The fourth-order valence-corrected chi connectivity index (χ4v) is 5.10. The minimum Gasteiger partial charge on any atom is -0.339 e. The molecule has 0 aromatic heterocycles. The molecule has 3 aliphatic rings. The number of fused-ring (bicyclic) bond motifs is 3. The van der Waals surface area contributed by atoms with Gasteiger partial charge in [-0.2, -0.15) is 0 Å². The van der Waals surface area contributed by atoms with Crippen LogP contribution in [0.4, 0.5) is 5.69 Å². The lowest BCUT2D eigenvalue weighted by Crippen LogP contribution is -2.70. The van der Waals surface area contributed by atoms with E-state index < -0.39 is 5.66 Å². The van der Waals surface area contributed by atoms with Gasteiger partial charge in [0.1, 0.15) is 0 Å². The number of anilines is 1. The van der Waals surface area contributed by atoms with Crippen molar-refractivity contribution < 1.29 is 14.4 Å². The third kappa shape index (κ3) is 2.74. The first kappa shape index (κ1) is 18.9. The van der Waals surface area contributed by atoms with Crippen molar-refractivity contribution in [1.29, 1.82) is 0 Å². The zero-order valence-corrected chi connectivity index (χ0v) is 16.9. The molecule has 2 saturated heterocycles. The van der Waals surface area contributed by atoms with E-state index in [1.807, 2.05) is 41.3 Å². The summed E-state index contributed by atoms with van der Waals surface area (Å²) in [5, 5.41) is 0. The molecule has 0 radical (unpaired) electrons. The number of hydrogen-bond donors (Lipinski definition) is 0. The second-order valence-electron chi connectivity index (χ2n) is 8.29. The third-order valence-corrected chi connectivity index (χ3v) is 6.54. The minimum atomic E-state index is -1.28. The number of hydrogen-bond acceptors (Lipinski definition) is 3. The quantitative estimate of drug-likeness (QED) is 0.791. The summed E-state index contributed by atoms with van der Waals surface area (Å²) in [4.78, 5) is 45.9. The van der Waals surface area contributed by atoms with E-state index in [1.54, 1.807) is 28.0 Å². The summed E-state index contributed by atoms with van der Waals surface area (Å²) < 4.78 is 0. The first-order valence-electron chi connectivity index (χ1n) is 10.7. The molecule has 6 heteroatoms. The summed E-state index contributed by atoms with van der Waals surface area (Å²) in [5.74, 6) is -0.407. The molecule has 0 N–H and O–H groups in total. The Balaban J connectivity index is 1.67. The highest BCUT2D eigenvalue weighted by atomic mass is 16.2. The van der Waals surface area contributed by atoms with E-state index in [4.69, 9.17) is 0 Å². The van der Waals surface area contributed by atoms with E-state index in [0.29, 0.717) is 30.8 Å². The van der Waals surface area contributed by atoms with Crippen LogP contribution in [0.25, 0.3) is 0 Å². The number of para-hydroxylation sites is 1. The zero-order chi connectivity index (χ0) is 20.7. The lowest BCUT2D eigenvalue weighted by atomic mass is 9.93. The Morgan fingerprint density at radius 3 is 2.37 bits per heavy atom. The van der Waals surface area contributed by atoms with Gasteiger partial charge in [0.05, 0.1) is 11.3 Å². The van der Waals surface area contributed by atoms with Crippen molar-refractivity contribution in [2.45, 2.75) is 44.3 Å². The normalized spacial score (nSPS) is 23.4. The van der Waals surface area contributed by atoms with E-state index in [0.717, 1.165) is 24.8 Å². The molecule has 2 aromatic carbocycles. The number of likely N-dealkylation sites (tertiary alicyclic amines) is 1. The van der Waals surface area contributed by atoms with Crippen LogP contribution in [0, 0.1) is 0 Å². The molecule has 2 aromatic rings. The molecule has 2 fully saturated rings. The predicted molar refractivity (Wildman–Crippen MR) is 113 cm³/mol. The SMILES string of the molecule is O=C1c2ccccc2N2C(=O)CCC2(C(=O)N2CCCCC2)N1Cc1ccccc1. The van der Waals surface area contributed by atoms with Crippen LogP contribution >= 0.6 is 0 Å². The molecule has 154 valence electrons. The molecule has 1 atom stereocenters. The van der Waals surface area contributed by atoms with Crippen LogP contribution in [-0.4, -0.2) is 46.3 Å². The van der Waals surface area contributed by atoms with Gasteiger partial charge in [-0.1, -0.05) is 42.5 Å². The first-order valence-corrected chi connectivity index (χ1v) is 10.7. The molecule has 3 aliphatic heterocycles. The van der Waals surface area contributed by atoms with Crippen LogP contribution in [0.5, 0.6) is 0 Å². The van der Waals surface area contributed by atoms with Gasteiger partial charge in [0.2, 0.25) is 11.6 Å². The average Bonchev–Trinajstić information content (AvgIpc) is 3.15. The standard InChI is InChI=1S/C24H25N3O3/c28-21-13-14-24(23(30)25-15-7-2-8-16-25)26(17-18-9-3-1-4-10-18)22(29)19-11-5-6-12-20(19)27(21)24/h1,3-6,9-12H,2,7-8,13-17H2. The zero-order valence-electron chi connectivity index (χ0n) is 16.9. The summed E-state index contributed by atoms with van der Waals surface area (Å²) >= 11 is 0. The maximum Gasteiger partial charge on any atom is 0.270 e. The summed E-state index contributed by atoms with van der Waals surface area (Å²) in [6.45, 7) is 1.65. The Morgan fingerprint density at radius 2 is 1.60 bits per heavy atom. The summed E-state index contributed by atoms with van der Waals surface area (Å²) in [6.07, 6.45) is 3.60. The summed E-state index contributed by atoms with van der Waals surface area (Å²) in [7, 11) is 0. The molecule has 5 rings (SSSR count). The number of carbonyl (C=O) groups is 3. The Hall–Kier alpha value is -3.15. The van der Waals surface area contributed by atoms with Crippen molar-refractivity contribution in [2.24, 2.45) is 0 Å². The molecule has 0 saturated carbocycles. The maximum atomic E-state index is 14.0. The van der Waals surface area contributed by atoms with Crippen molar-refractivity contribution in [1.82, 2.24) is 9.80 Å². The largest absolute Gasteiger partial charge is 0.339 e. The second kappa shape index (κ2) is 7.27. The van der Waals surface area contributed by atoms with Crippen molar-refractivity contribution in [3.8, 4) is 0 Å². The fraction of sp³-hybridized carbons (Fsp3) is 0.375. The average molecular weight is 403 g/mol. The number of carbonyl (C=O) groups excluding carboxylic acids is 3. The fourth-order valence-electron chi connectivity index (χ4n) is 5.10. The van der Waals surface area contributed by atoms with Crippen molar-refractivity contribution in [2.75, 3.05) is 18.0 Å². The Kier molecular flexibility index (Phi) is 4.57. The topological polar surface area (TPSA) is 60.9 Å². The van der Waals surface area contributed by atoms with E-state index in [9.17, 15) is 14.4 Å². The van der Waals surface area contributed by atoms with Gasteiger partial charge in [-0.05, 0) is 37.0 Å². The highest BCUT2D eigenvalue weighted by Gasteiger charge is 2.61. The highest BCUT2D eigenvalue weighted by molar-refractivity contribution is 6.16. The van der Waals surface area contributed by atoms with E-state index in [2.05, 4.69) is 0 Å². The summed E-state index contributed by atoms with van der Waals surface area (Å²) in [5.41, 5.74) is 0.691. The van der Waals surface area contributed by atoms with Crippen LogP contribution in [0.1, 0.15) is 48.0 Å². The molecule has 6 nitrogen and oxygen atoms in total. The molecular weight excluding hydrogens is 378 g/mol. The highest BCUT2D eigenvalue weighted by Crippen LogP contribution is 2.46. The van der Waals surface area contributed by atoms with Gasteiger partial charge in [-0.15, -0.1) is 0 Å². The molecule has 3 heterocycles. The number of nitrogens with zero attached hydrogens (tertiary/aromatic N) is 3. The smallest absolute Gasteiger partial charge is 0.270 e. The molecule has 0 spiro atoms. The van der Waals surface area contributed by atoms with Gasteiger partial charge >= 0.3 is 0 Å². The van der Waals surface area contributed by atoms with Crippen LogP contribution in [0.3, 0.4) is 0 Å². The molecule has 0 aliphatic carbocycles. The first-order chi connectivity index (χ1) is 14.6. The van der Waals surface area contributed by atoms with Gasteiger partial charge in [-0.3, -0.25) is 19.3 Å². The van der Waals surface area contributed by atoms with Crippen LogP contribution < -0.4 is 4.90 Å². The van der Waals surface area contributed by atoms with Gasteiger partial charge in [0, 0.05) is 32.5 Å². The van der Waals surface area contributed by atoms with Crippen LogP contribution in [-0.2, 0) is 16.1 Å². The Labute approximate surface area is 176 Å². The molecule has 1 unspecified atom stereocenters. The van der Waals surface area contributed by atoms with Gasteiger partial charge in [-0.25, -0.2) is 0 Å². The Morgan fingerprint density at radius 1 is 0.900 bits per heavy atom. The predicted octanol–water partition coefficient (Wildman–Crippen LogP) is 3.18. The lowest BCUT2D eigenvalue weighted by molar-refractivity contribution is -0.145. The van der Waals surface area contributed by atoms with E-state index >= 15 is 0 Å². The Bertz CT molecular complexity index is 1000. The maximum absolute atomic E-state index is 14.0. The number of amides is 3. The second-order valence-corrected chi connectivity index (χ2v) is 8.29. The van der Waals surface area contributed by atoms with Crippen LogP contribution in [0.2, 0.25) is 0 Å². The number of rotatable bonds is 3. The summed E-state index contributed by atoms with van der Waals surface area (Å²) in [6, 6.07) is 16.8. The molecular formula is C24H25N3O3. The van der Waals surface area contributed by atoms with Gasteiger partial charge in [0.15, 0.2) is 0 Å². The lowest BCUT2D eigenvalue weighted by Gasteiger charge is -2.51. The van der Waals surface area contributed by atoms with Gasteiger partial charge in [0.25, 0.3) is 11.8 Å². The van der Waals surface area contributed by atoms with Crippen molar-refractivity contribution in [3.63, 3.8) is 0 Å². The van der Waals surface area contributed by atoms with E-state index in [-0.39, 0.29) is 30.7 Å². The van der Waals surface area contributed by atoms with Gasteiger partial charge < -0.3 is 9.80 Å². The van der Waals surface area contributed by atoms with E-state index in [1.165, 1.54) is 0 Å².